The number of hydrogen-bond donors (Lipinski definition) is 0. The van der Waals surface area contributed by atoms with Gasteiger partial charge < -0.3 is 19.1 Å². The zero-order valence-electron chi connectivity index (χ0n) is 23.5. The van der Waals surface area contributed by atoms with E-state index in [0.29, 0.717) is 15.6 Å². The van der Waals surface area contributed by atoms with Crippen molar-refractivity contribution in [1.82, 2.24) is 0 Å². The van der Waals surface area contributed by atoms with E-state index in [9.17, 15) is 14.4 Å². The van der Waals surface area contributed by atoms with Crippen LogP contribution in [0.15, 0.2) is 74.7 Å². The molecule has 0 aromatic heterocycles. The van der Waals surface area contributed by atoms with Crippen LogP contribution in [0.3, 0.4) is 0 Å². The lowest BCUT2D eigenvalue weighted by atomic mass is 9.84. The Bertz CT molecular complexity index is 1500. The molecule has 0 saturated heterocycles. The minimum absolute atomic E-state index is 0.0712. The average Bonchev–Trinajstić information content (AvgIpc) is 3.37. The van der Waals surface area contributed by atoms with Crippen LogP contribution in [-0.2, 0) is 30.3 Å². The fourth-order valence-electron chi connectivity index (χ4n) is 5.19. The molecule has 41 heavy (non-hydrogen) atoms. The number of esters is 2. The predicted molar refractivity (Wildman–Crippen MR) is 167 cm³/mol. The Morgan fingerprint density at radius 3 is 2.27 bits per heavy atom. The largest absolute Gasteiger partial charge is 0.497 e. The molecule has 0 aliphatic carbocycles. The fraction of sp³-hybridized carbons (Fsp3) is 0.323. The van der Waals surface area contributed by atoms with Gasteiger partial charge in [0.05, 0.1) is 42.9 Å². The van der Waals surface area contributed by atoms with E-state index in [4.69, 9.17) is 14.2 Å². The summed E-state index contributed by atoms with van der Waals surface area (Å²) < 4.78 is 15.5. The highest BCUT2D eigenvalue weighted by molar-refractivity contribution is 8.25. The van der Waals surface area contributed by atoms with Gasteiger partial charge in [0, 0.05) is 16.0 Å². The SMILES string of the molecule is CCOC(=O)C1=C[C@]2(SC=C(C(=O)OCC)S2)C2=C(S1)C(C)(C)N(C(=O)Cc1ccccc1)c1ccc(OC)cc12. The molecule has 10 heteroatoms. The van der Waals surface area contributed by atoms with Gasteiger partial charge in [0.15, 0.2) is 0 Å². The minimum Gasteiger partial charge on any atom is -0.497 e. The summed E-state index contributed by atoms with van der Waals surface area (Å²) in [7, 11) is 1.60. The van der Waals surface area contributed by atoms with Crippen molar-refractivity contribution in [2.45, 2.75) is 43.7 Å². The molecule has 2 aromatic carbocycles. The van der Waals surface area contributed by atoms with Gasteiger partial charge in [-0.15, -0.1) is 11.8 Å². The molecule has 3 aliphatic heterocycles. The smallest absolute Gasteiger partial charge is 0.345 e. The van der Waals surface area contributed by atoms with Crippen LogP contribution < -0.4 is 9.64 Å². The molecule has 2 aromatic rings. The van der Waals surface area contributed by atoms with E-state index < -0.39 is 21.6 Å². The lowest BCUT2D eigenvalue weighted by molar-refractivity contribution is -0.138. The molecule has 7 nitrogen and oxygen atoms in total. The second kappa shape index (κ2) is 11.7. The Morgan fingerprint density at radius 1 is 0.927 bits per heavy atom. The standard InChI is InChI=1S/C31H31NO6S3/c1-6-37-28(34)23-17-31(39-18-24(41-31)29(35)38-7-2)26-21-16-20(36-5)13-14-22(21)32(30(3,4)27(26)40-23)25(33)15-19-11-9-8-10-12-19/h8-14,16-18H,6-7,15H2,1-5H3/t31-/m1/s1. The van der Waals surface area contributed by atoms with Crippen molar-refractivity contribution < 1.29 is 28.6 Å². The Morgan fingerprint density at radius 2 is 1.61 bits per heavy atom. The van der Waals surface area contributed by atoms with E-state index >= 15 is 0 Å². The molecule has 1 spiro atoms. The number of amides is 1. The third-order valence-electron chi connectivity index (χ3n) is 6.94. The number of carbonyl (C=O) groups is 3. The van der Waals surface area contributed by atoms with Gasteiger partial charge in [0.1, 0.15) is 14.7 Å². The summed E-state index contributed by atoms with van der Waals surface area (Å²) in [6, 6.07) is 15.3. The van der Waals surface area contributed by atoms with Gasteiger partial charge in [-0.2, -0.15) is 0 Å². The number of anilines is 1. The van der Waals surface area contributed by atoms with Crippen molar-refractivity contribution in [2.24, 2.45) is 0 Å². The number of thioether (sulfide) groups is 3. The summed E-state index contributed by atoms with van der Waals surface area (Å²) in [6.45, 7) is 8.02. The zero-order valence-corrected chi connectivity index (χ0v) is 26.0. The summed E-state index contributed by atoms with van der Waals surface area (Å²) in [5.41, 5.74) is 2.55. The van der Waals surface area contributed by atoms with E-state index in [0.717, 1.165) is 27.3 Å². The summed E-state index contributed by atoms with van der Waals surface area (Å²) in [5, 5.41) is 1.79. The van der Waals surface area contributed by atoms with Crippen LogP contribution in [0.5, 0.6) is 5.75 Å². The van der Waals surface area contributed by atoms with Crippen molar-refractivity contribution in [3.8, 4) is 5.75 Å². The van der Waals surface area contributed by atoms with E-state index in [1.807, 2.05) is 73.4 Å². The first-order valence-corrected chi connectivity index (χ1v) is 15.8. The van der Waals surface area contributed by atoms with Gasteiger partial charge in [-0.25, -0.2) is 9.59 Å². The number of ether oxygens (including phenoxy) is 3. The quantitative estimate of drug-likeness (QED) is 0.325. The van der Waals surface area contributed by atoms with Gasteiger partial charge in [-0.05, 0) is 62.9 Å². The molecule has 0 saturated carbocycles. The summed E-state index contributed by atoms with van der Waals surface area (Å²) in [5.74, 6) is -0.284. The molecule has 5 rings (SSSR count). The van der Waals surface area contributed by atoms with Crippen molar-refractivity contribution in [1.29, 1.82) is 0 Å². The first kappa shape index (κ1) is 29.4. The van der Waals surface area contributed by atoms with Crippen molar-refractivity contribution >= 4 is 64.4 Å². The van der Waals surface area contributed by atoms with Crippen LogP contribution in [0.4, 0.5) is 5.69 Å². The predicted octanol–water partition coefficient (Wildman–Crippen LogP) is 6.55. The maximum absolute atomic E-state index is 14.1. The monoisotopic (exact) mass is 609 g/mol. The number of fused-ring (bicyclic) bond motifs is 3. The lowest BCUT2D eigenvalue weighted by Crippen LogP contribution is -2.53. The van der Waals surface area contributed by atoms with Crippen LogP contribution in [0.2, 0.25) is 0 Å². The normalized spacial score (nSPS) is 20.6. The van der Waals surface area contributed by atoms with Crippen molar-refractivity contribution in [3.63, 3.8) is 0 Å². The third-order valence-corrected chi connectivity index (χ3v) is 11.2. The van der Waals surface area contributed by atoms with Crippen molar-refractivity contribution in [3.05, 3.63) is 85.9 Å². The fourth-order valence-corrected chi connectivity index (χ4v) is 9.58. The number of nitrogens with zero attached hydrogens (tertiary/aromatic N) is 1. The van der Waals surface area contributed by atoms with Crippen LogP contribution in [0, 0.1) is 0 Å². The number of hydrogen-bond acceptors (Lipinski definition) is 9. The molecular formula is C31H31NO6S3. The van der Waals surface area contributed by atoms with Crippen LogP contribution in [0.25, 0.3) is 5.57 Å². The summed E-state index contributed by atoms with van der Waals surface area (Å²) in [6.07, 6.45) is 2.10. The summed E-state index contributed by atoms with van der Waals surface area (Å²) >= 11 is 4.11. The van der Waals surface area contributed by atoms with Crippen LogP contribution in [0.1, 0.15) is 38.8 Å². The third kappa shape index (κ3) is 5.33. The highest BCUT2D eigenvalue weighted by atomic mass is 32.2. The Kier molecular flexibility index (Phi) is 8.36. The van der Waals surface area contributed by atoms with Gasteiger partial charge >= 0.3 is 11.9 Å². The van der Waals surface area contributed by atoms with Gasteiger partial charge in [0.2, 0.25) is 5.91 Å². The van der Waals surface area contributed by atoms with Gasteiger partial charge in [-0.3, -0.25) is 4.79 Å². The second-order valence-corrected chi connectivity index (χ2v) is 13.7. The molecule has 3 heterocycles. The highest BCUT2D eigenvalue weighted by Crippen LogP contribution is 2.66. The van der Waals surface area contributed by atoms with E-state index in [1.165, 1.54) is 35.3 Å². The minimum atomic E-state index is -0.863. The molecule has 0 N–H and O–H groups in total. The zero-order chi connectivity index (χ0) is 29.4. The molecule has 0 bridgehead atoms. The molecular weight excluding hydrogens is 579 g/mol. The molecule has 214 valence electrons. The molecule has 1 amide bonds. The number of methoxy groups -OCH3 is 1. The Labute approximate surface area is 252 Å². The van der Waals surface area contributed by atoms with Crippen LogP contribution in [-0.4, -0.2) is 47.8 Å². The lowest BCUT2D eigenvalue weighted by Gasteiger charge is -2.49. The molecule has 0 fully saturated rings. The van der Waals surface area contributed by atoms with E-state index in [1.54, 1.807) is 26.4 Å². The number of benzene rings is 2. The maximum atomic E-state index is 14.1. The molecule has 1 atom stereocenters. The number of rotatable bonds is 7. The average molecular weight is 610 g/mol. The highest BCUT2D eigenvalue weighted by Gasteiger charge is 2.54. The molecule has 0 unspecified atom stereocenters. The maximum Gasteiger partial charge on any atom is 0.345 e. The van der Waals surface area contributed by atoms with E-state index in [-0.39, 0.29) is 25.5 Å². The molecule has 3 aliphatic rings. The second-order valence-electron chi connectivity index (χ2n) is 9.96. The van der Waals surface area contributed by atoms with Gasteiger partial charge in [0.25, 0.3) is 0 Å². The first-order chi connectivity index (χ1) is 19.6. The Balaban J connectivity index is 1.69. The summed E-state index contributed by atoms with van der Waals surface area (Å²) in [4.78, 5) is 43.6. The topological polar surface area (TPSA) is 82.1 Å². The van der Waals surface area contributed by atoms with Crippen LogP contribution >= 0.6 is 35.3 Å². The number of carbonyl (C=O) groups excluding carboxylic acids is 3. The Hall–Kier alpha value is -3.08. The first-order valence-electron chi connectivity index (χ1n) is 13.3. The van der Waals surface area contributed by atoms with Crippen molar-refractivity contribution in [2.75, 3.05) is 25.2 Å². The molecule has 0 radical (unpaired) electrons. The van der Waals surface area contributed by atoms with Gasteiger partial charge in [-0.1, -0.05) is 53.9 Å². The van der Waals surface area contributed by atoms with E-state index in [2.05, 4.69) is 0 Å².